The average Bonchev–Trinajstić information content (AvgIpc) is 2.72. The topological polar surface area (TPSA) is 60.9 Å². The van der Waals surface area contributed by atoms with Crippen molar-refractivity contribution in [2.24, 2.45) is 0 Å². The van der Waals surface area contributed by atoms with E-state index >= 15 is 0 Å². The van der Waals surface area contributed by atoms with E-state index in [4.69, 9.17) is 5.11 Å². The maximum Gasteiger partial charge on any atom is 0.246 e. The predicted molar refractivity (Wildman–Crippen MR) is 108 cm³/mol. The highest BCUT2D eigenvalue weighted by molar-refractivity contribution is 5.95. The number of aliphatic hydroxyl groups excluding tert-OH is 1. The summed E-state index contributed by atoms with van der Waals surface area (Å²) in [6.45, 7) is 2.61. The largest absolute Gasteiger partial charge is 0.396 e. The average molecular weight is 380 g/mol. The monoisotopic (exact) mass is 380 g/mol. The number of unbranched alkanes of at least 4 members (excludes halogenated alkanes) is 1. The second-order valence-electron chi connectivity index (χ2n) is 7.30. The molecule has 1 aliphatic heterocycles. The first kappa shape index (κ1) is 20.1. The standard InChI is InChI=1S/C23H28N2O3/c1-18(20-12-6-3-7-13-20)25-21(14-8-9-15-26)23(28)24(17-22(25)27)16-19-10-4-2-5-11-19/h2-7,10-13,18,21,26H,8-9,14-17H2,1H3/t18-,21?/m0/s1. The molecule has 1 saturated heterocycles. The summed E-state index contributed by atoms with van der Waals surface area (Å²) in [5.74, 6) is -0.0370. The number of carbonyl (C=O) groups is 2. The first-order chi connectivity index (χ1) is 13.6. The molecule has 2 aromatic rings. The van der Waals surface area contributed by atoms with Gasteiger partial charge in [0.2, 0.25) is 11.8 Å². The number of aliphatic hydroxyl groups is 1. The van der Waals surface area contributed by atoms with E-state index in [9.17, 15) is 9.59 Å². The van der Waals surface area contributed by atoms with Crippen LogP contribution in [-0.2, 0) is 16.1 Å². The van der Waals surface area contributed by atoms with Gasteiger partial charge in [-0.05, 0) is 37.3 Å². The van der Waals surface area contributed by atoms with Gasteiger partial charge < -0.3 is 14.9 Å². The maximum atomic E-state index is 13.3. The molecule has 5 heteroatoms. The molecule has 0 aromatic heterocycles. The Kier molecular flexibility index (Phi) is 6.82. The molecule has 0 spiro atoms. The molecule has 1 N–H and O–H groups in total. The van der Waals surface area contributed by atoms with Crippen molar-refractivity contribution in [1.29, 1.82) is 0 Å². The molecule has 3 rings (SSSR count). The highest BCUT2D eigenvalue weighted by Gasteiger charge is 2.41. The molecule has 28 heavy (non-hydrogen) atoms. The molecule has 1 unspecified atom stereocenters. The normalized spacial score (nSPS) is 18.4. The summed E-state index contributed by atoms with van der Waals surface area (Å²) in [5, 5.41) is 9.14. The van der Waals surface area contributed by atoms with Crippen LogP contribution >= 0.6 is 0 Å². The van der Waals surface area contributed by atoms with Crippen LogP contribution < -0.4 is 0 Å². The van der Waals surface area contributed by atoms with Gasteiger partial charge in [-0.2, -0.15) is 0 Å². The van der Waals surface area contributed by atoms with E-state index in [0.29, 0.717) is 25.8 Å². The van der Waals surface area contributed by atoms with Crippen molar-refractivity contribution in [2.75, 3.05) is 13.2 Å². The van der Waals surface area contributed by atoms with Gasteiger partial charge in [-0.1, -0.05) is 60.7 Å². The Labute approximate surface area is 166 Å². The van der Waals surface area contributed by atoms with E-state index in [1.807, 2.05) is 67.6 Å². The van der Waals surface area contributed by atoms with Gasteiger partial charge in [0.1, 0.15) is 12.6 Å². The van der Waals surface area contributed by atoms with Crippen molar-refractivity contribution in [3.05, 3.63) is 71.8 Å². The first-order valence-corrected chi connectivity index (χ1v) is 9.91. The van der Waals surface area contributed by atoms with Crippen LogP contribution in [-0.4, -0.2) is 45.9 Å². The number of hydrogen-bond donors (Lipinski definition) is 1. The van der Waals surface area contributed by atoms with Crippen molar-refractivity contribution in [1.82, 2.24) is 9.80 Å². The molecule has 1 heterocycles. The third kappa shape index (κ3) is 4.60. The molecule has 1 aliphatic rings. The summed E-state index contributed by atoms with van der Waals surface area (Å²) in [6.07, 6.45) is 1.90. The number of rotatable bonds is 8. The number of carbonyl (C=O) groups excluding carboxylic acids is 2. The lowest BCUT2D eigenvalue weighted by molar-refractivity contribution is -0.159. The van der Waals surface area contributed by atoms with Crippen molar-refractivity contribution in [2.45, 2.75) is 44.8 Å². The fraction of sp³-hybridized carbons (Fsp3) is 0.391. The fourth-order valence-electron chi connectivity index (χ4n) is 3.85. The molecule has 0 bridgehead atoms. The summed E-state index contributed by atoms with van der Waals surface area (Å²) in [4.78, 5) is 29.8. The minimum Gasteiger partial charge on any atom is -0.396 e. The first-order valence-electron chi connectivity index (χ1n) is 9.91. The molecule has 5 nitrogen and oxygen atoms in total. The van der Waals surface area contributed by atoms with E-state index in [0.717, 1.165) is 11.1 Å². The summed E-state index contributed by atoms with van der Waals surface area (Å²) in [6, 6.07) is 18.9. The van der Waals surface area contributed by atoms with Gasteiger partial charge in [-0.3, -0.25) is 9.59 Å². The molecular formula is C23H28N2O3. The van der Waals surface area contributed by atoms with Crippen molar-refractivity contribution in [3.63, 3.8) is 0 Å². The quantitative estimate of drug-likeness (QED) is 0.716. The lowest BCUT2D eigenvalue weighted by atomic mass is 9.98. The summed E-state index contributed by atoms with van der Waals surface area (Å²) in [7, 11) is 0. The van der Waals surface area contributed by atoms with Crippen molar-refractivity contribution < 1.29 is 14.7 Å². The Morgan fingerprint density at radius 2 is 1.64 bits per heavy atom. The SMILES string of the molecule is C[C@@H](c1ccccc1)N1C(=O)CN(Cc2ccccc2)C(=O)C1CCCCO. The molecule has 0 radical (unpaired) electrons. The predicted octanol–water partition coefficient (Wildman–Crippen LogP) is 3.15. The van der Waals surface area contributed by atoms with Gasteiger partial charge in [-0.15, -0.1) is 0 Å². The summed E-state index contributed by atoms with van der Waals surface area (Å²) in [5.41, 5.74) is 2.04. The van der Waals surface area contributed by atoms with Gasteiger partial charge in [0.15, 0.2) is 0 Å². The van der Waals surface area contributed by atoms with E-state index in [-0.39, 0.29) is 31.0 Å². The molecule has 148 valence electrons. The van der Waals surface area contributed by atoms with Crippen LogP contribution in [0.25, 0.3) is 0 Å². The van der Waals surface area contributed by atoms with E-state index < -0.39 is 6.04 Å². The third-order valence-electron chi connectivity index (χ3n) is 5.35. The van der Waals surface area contributed by atoms with Crippen molar-refractivity contribution in [3.8, 4) is 0 Å². The zero-order valence-electron chi connectivity index (χ0n) is 16.3. The highest BCUT2D eigenvalue weighted by Crippen LogP contribution is 2.29. The van der Waals surface area contributed by atoms with Crippen molar-refractivity contribution >= 4 is 11.8 Å². The van der Waals surface area contributed by atoms with Crippen LogP contribution in [0.3, 0.4) is 0 Å². The van der Waals surface area contributed by atoms with Gasteiger partial charge in [0.25, 0.3) is 0 Å². The zero-order chi connectivity index (χ0) is 19.9. The molecule has 1 fully saturated rings. The van der Waals surface area contributed by atoms with Gasteiger partial charge in [-0.25, -0.2) is 0 Å². The molecule has 2 amide bonds. The van der Waals surface area contributed by atoms with Gasteiger partial charge >= 0.3 is 0 Å². The molecular weight excluding hydrogens is 352 g/mol. The lowest BCUT2D eigenvalue weighted by Gasteiger charge is -2.43. The second kappa shape index (κ2) is 9.51. The van der Waals surface area contributed by atoms with Crippen LogP contribution in [0.15, 0.2) is 60.7 Å². The second-order valence-corrected chi connectivity index (χ2v) is 7.30. The fourth-order valence-corrected chi connectivity index (χ4v) is 3.85. The number of piperazine rings is 1. The molecule has 0 saturated carbocycles. The number of amides is 2. The summed E-state index contributed by atoms with van der Waals surface area (Å²) < 4.78 is 0. The van der Waals surface area contributed by atoms with Gasteiger partial charge in [0, 0.05) is 13.2 Å². The minimum atomic E-state index is -0.494. The number of nitrogens with zero attached hydrogens (tertiary/aromatic N) is 2. The third-order valence-corrected chi connectivity index (χ3v) is 5.35. The smallest absolute Gasteiger partial charge is 0.246 e. The lowest BCUT2D eigenvalue weighted by Crippen LogP contribution is -2.60. The molecule has 2 atom stereocenters. The van der Waals surface area contributed by atoms with Crippen LogP contribution in [0.2, 0.25) is 0 Å². The minimum absolute atomic E-state index is 0.0100. The van der Waals surface area contributed by atoms with Crippen LogP contribution in [0.1, 0.15) is 43.4 Å². The van der Waals surface area contributed by atoms with Crippen LogP contribution in [0.5, 0.6) is 0 Å². The van der Waals surface area contributed by atoms with Crippen LogP contribution in [0.4, 0.5) is 0 Å². The Morgan fingerprint density at radius 3 is 2.29 bits per heavy atom. The number of benzene rings is 2. The molecule has 0 aliphatic carbocycles. The van der Waals surface area contributed by atoms with Crippen LogP contribution in [0, 0.1) is 0 Å². The van der Waals surface area contributed by atoms with E-state index in [1.54, 1.807) is 9.80 Å². The molecule has 2 aromatic carbocycles. The Hall–Kier alpha value is -2.66. The number of hydrogen-bond acceptors (Lipinski definition) is 3. The van der Waals surface area contributed by atoms with E-state index in [2.05, 4.69) is 0 Å². The Bertz CT molecular complexity index is 779. The Morgan fingerprint density at radius 1 is 1.00 bits per heavy atom. The summed E-state index contributed by atoms with van der Waals surface area (Å²) >= 11 is 0. The maximum absolute atomic E-state index is 13.3. The van der Waals surface area contributed by atoms with Gasteiger partial charge in [0.05, 0.1) is 6.04 Å². The van der Waals surface area contributed by atoms with E-state index in [1.165, 1.54) is 0 Å². The Balaban J connectivity index is 1.83. The highest BCUT2D eigenvalue weighted by atomic mass is 16.3. The zero-order valence-corrected chi connectivity index (χ0v) is 16.3.